The lowest BCUT2D eigenvalue weighted by Crippen LogP contribution is -2.32. The molecule has 1 aromatic rings. The predicted octanol–water partition coefficient (Wildman–Crippen LogP) is 8.94. The number of esters is 2. The van der Waals surface area contributed by atoms with Crippen LogP contribution in [0.25, 0.3) is 0 Å². The fraction of sp³-hybridized carbons (Fsp3) is 0.758. The first-order valence-corrected chi connectivity index (χ1v) is 14.9. The van der Waals surface area contributed by atoms with Gasteiger partial charge in [-0.15, -0.1) is 0 Å². The van der Waals surface area contributed by atoms with E-state index in [1.54, 1.807) is 0 Å². The van der Waals surface area contributed by atoms with Crippen molar-refractivity contribution in [1.29, 1.82) is 0 Å². The van der Waals surface area contributed by atoms with Gasteiger partial charge in [-0.2, -0.15) is 0 Å². The zero-order valence-corrected chi connectivity index (χ0v) is 26.1. The van der Waals surface area contributed by atoms with E-state index in [2.05, 4.69) is 27.7 Å². The summed E-state index contributed by atoms with van der Waals surface area (Å²) in [5, 5.41) is 10.9. The van der Waals surface area contributed by atoms with Crippen LogP contribution in [-0.2, 0) is 20.7 Å². The number of ether oxygens (including phenoxy) is 2. The minimum atomic E-state index is -0.615. The summed E-state index contributed by atoms with van der Waals surface area (Å²) in [6.07, 6.45) is 11.8. The van der Waals surface area contributed by atoms with Crippen molar-refractivity contribution >= 4 is 11.9 Å². The molecular weight excluding hydrogens is 476 g/mol. The SMILES string of the molecule is CC(=O)Oc1c(C)c(C)c(O)c(CC[C@@](C)(CCC[C@H](C)CCC[C@H](C)CCCC(C)C)OC(C)=O)c1C. The van der Waals surface area contributed by atoms with Crippen molar-refractivity contribution in [1.82, 2.24) is 0 Å². The van der Waals surface area contributed by atoms with Crippen molar-refractivity contribution < 1.29 is 24.2 Å². The Labute approximate surface area is 233 Å². The van der Waals surface area contributed by atoms with Crippen molar-refractivity contribution in [3.8, 4) is 11.5 Å². The number of benzene rings is 1. The number of aromatic hydroxyl groups is 1. The van der Waals surface area contributed by atoms with Crippen molar-refractivity contribution in [2.75, 3.05) is 0 Å². The van der Waals surface area contributed by atoms with Gasteiger partial charge in [-0.25, -0.2) is 0 Å². The number of carbonyl (C=O) groups excluding carboxylic acids is 2. The molecule has 0 amide bonds. The summed E-state index contributed by atoms with van der Waals surface area (Å²) < 4.78 is 11.3. The molecule has 0 bridgehead atoms. The highest BCUT2D eigenvalue weighted by Gasteiger charge is 2.29. The molecule has 1 rings (SSSR count). The molecule has 0 aromatic heterocycles. The van der Waals surface area contributed by atoms with Crippen molar-refractivity contribution in [2.45, 2.75) is 145 Å². The molecule has 0 spiro atoms. The Balaban J connectivity index is 2.72. The highest BCUT2D eigenvalue weighted by Crippen LogP contribution is 2.39. The van der Waals surface area contributed by atoms with Crippen LogP contribution in [0.4, 0.5) is 0 Å². The number of hydrogen-bond donors (Lipinski definition) is 1. The lowest BCUT2D eigenvalue weighted by Gasteiger charge is -2.30. The van der Waals surface area contributed by atoms with E-state index in [9.17, 15) is 14.7 Å². The third kappa shape index (κ3) is 11.8. The largest absolute Gasteiger partial charge is 0.507 e. The first-order chi connectivity index (χ1) is 17.7. The van der Waals surface area contributed by atoms with E-state index in [-0.39, 0.29) is 17.7 Å². The summed E-state index contributed by atoms with van der Waals surface area (Å²) in [4.78, 5) is 23.6. The molecule has 0 saturated heterocycles. The molecule has 1 N–H and O–H groups in total. The van der Waals surface area contributed by atoms with Crippen LogP contribution in [0.2, 0.25) is 0 Å². The molecule has 0 radical (unpaired) electrons. The summed E-state index contributed by atoms with van der Waals surface area (Å²) in [6.45, 7) is 19.7. The van der Waals surface area contributed by atoms with E-state index in [0.717, 1.165) is 47.8 Å². The molecule has 1 aromatic carbocycles. The predicted molar refractivity (Wildman–Crippen MR) is 157 cm³/mol. The standard InChI is InChI=1S/C33H56O5/c1-22(2)14-11-15-23(3)16-12-17-24(4)18-13-20-33(10,38-29(9)35)21-19-30-27(7)32(37-28(8)34)26(6)25(5)31(30)36/h22-24,36H,11-21H2,1-10H3/t23-,24-,33-/m1/s1. The molecule has 5 nitrogen and oxygen atoms in total. The zero-order valence-electron chi connectivity index (χ0n) is 26.1. The highest BCUT2D eigenvalue weighted by molar-refractivity contribution is 5.72. The number of rotatable bonds is 17. The number of hydrogen-bond acceptors (Lipinski definition) is 5. The van der Waals surface area contributed by atoms with E-state index >= 15 is 0 Å². The van der Waals surface area contributed by atoms with Gasteiger partial charge in [0.2, 0.25) is 0 Å². The second kappa shape index (κ2) is 16.2. The van der Waals surface area contributed by atoms with Crippen LogP contribution in [0.15, 0.2) is 0 Å². The summed E-state index contributed by atoms with van der Waals surface area (Å²) in [5.41, 5.74) is 2.37. The van der Waals surface area contributed by atoms with Crippen LogP contribution in [0.1, 0.15) is 135 Å². The molecule has 0 aliphatic carbocycles. The molecule has 218 valence electrons. The smallest absolute Gasteiger partial charge is 0.308 e. The molecule has 5 heteroatoms. The molecule has 0 fully saturated rings. The Morgan fingerprint density at radius 2 is 1.29 bits per heavy atom. The van der Waals surface area contributed by atoms with Crippen LogP contribution in [0.3, 0.4) is 0 Å². The van der Waals surface area contributed by atoms with E-state index < -0.39 is 5.60 Å². The third-order valence-corrected chi connectivity index (χ3v) is 8.15. The average Bonchev–Trinajstić information content (AvgIpc) is 2.79. The Morgan fingerprint density at radius 1 is 0.763 bits per heavy atom. The van der Waals surface area contributed by atoms with Gasteiger partial charge in [-0.3, -0.25) is 9.59 Å². The Hall–Kier alpha value is -2.04. The maximum atomic E-state index is 12.0. The van der Waals surface area contributed by atoms with Gasteiger partial charge in [-0.05, 0) is 87.8 Å². The first kappa shape index (κ1) is 34.0. The van der Waals surface area contributed by atoms with E-state index in [0.29, 0.717) is 30.1 Å². The summed E-state index contributed by atoms with van der Waals surface area (Å²) in [7, 11) is 0. The zero-order chi connectivity index (χ0) is 29.0. The Bertz CT molecular complexity index is 903. The summed E-state index contributed by atoms with van der Waals surface area (Å²) in [5.74, 6) is 2.33. The first-order valence-electron chi connectivity index (χ1n) is 14.9. The van der Waals surface area contributed by atoms with Crippen LogP contribution in [0, 0.1) is 38.5 Å². The van der Waals surface area contributed by atoms with Crippen molar-refractivity contribution in [3.63, 3.8) is 0 Å². The van der Waals surface area contributed by atoms with Crippen LogP contribution < -0.4 is 4.74 Å². The van der Waals surface area contributed by atoms with E-state index in [1.165, 1.54) is 52.4 Å². The lowest BCUT2D eigenvalue weighted by molar-refractivity contribution is -0.156. The molecule has 0 aliphatic rings. The minimum absolute atomic E-state index is 0.230. The molecule has 0 saturated carbocycles. The summed E-state index contributed by atoms with van der Waals surface area (Å²) in [6, 6.07) is 0. The monoisotopic (exact) mass is 532 g/mol. The van der Waals surface area contributed by atoms with Crippen LogP contribution in [-0.4, -0.2) is 22.6 Å². The molecule has 0 aliphatic heterocycles. The second-order valence-corrected chi connectivity index (χ2v) is 12.5. The minimum Gasteiger partial charge on any atom is -0.507 e. The topological polar surface area (TPSA) is 72.8 Å². The van der Waals surface area contributed by atoms with Gasteiger partial charge in [0.1, 0.15) is 17.1 Å². The van der Waals surface area contributed by atoms with Crippen molar-refractivity contribution in [3.05, 3.63) is 22.3 Å². The number of phenolic OH excluding ortho intramolecular Hbond substituents is 1. The molecule has 0 unspecified atom stereocenters. The second-order valence-electron chi connectivity index (χ2n) is 12.5. The molecule has 38 heavy (non-hydrogen) atoms. The van der Waals surface area contributed by atoms with Gasteiger partial charge < -0.3 is 14.6 Å². The average molecular weight is 533 g/mol. The number of phenols is 1. The van der Waals surface area contributed by atoms with Gasteiger partial charge in [-0.1, -0.05) is 72.6 Å². The van der Waals surface area contributed by atoms with E-state index in [1.807, 2.05) is 27.7 Å². The Kier molecular flexibility index (Phi) is 14.4. The quantitative estimate of drug-likeness (QED) is 0.160. The Morgan fingerprint density at radius 3 is 1.79 bits per heavy atom. The number of carbonyl (C=O) groups is 2. The van der Waals surface area contributed by atoms with Crippen LogP contribution in [0.5, 0.6) is 11.5 Å². The molecule has 0 heterocycles. The maximum absolute atomic E-state index is 12.0. The van der Waals surface area contributed by atoms with Gasteiger partial charge in [0.05, 0.1) is 0 Å². The molecular formula is C33H56O5. The van der Waals surface area contributed by atoms with Gasteiger partial charge in [0.25, 0.3) is 0 Å². The van der Waals surface area contributed by atoms with Gasteiger partial charge >= 0.3 is 11.9 Å². The lowest BCUT2D eigenvalue weighted by atomic mass is 9.86. The highest BCUT2D eigenvalue weighted by atomic mass is 16.6. The van der Waals surface area contributed by atoms with Crippen LogP contribution >= 0.6 is 0 Å². The molecule has 3 atom stereocenters. The van der Waals surface area contributed by atoms with Crippen molar-refractivity contribution in [2.24, 2.45) is 17.8 Å². The van der Waals surface area contributed by atoms with Gasteiger partial charge in [0, 0.05) is 19.4 Å². The third-order valence-electron chi connectivity index (χ3n) is 8.15. The van der Waals surface area contributed by atoms with Gasteiger partial charge in [0.15, 0.2) is 0 Å². The van der Waals surface area contributed by atoms with E-state index in [4.69, 9.17) is 9.47 Å². The fourth-order valence-corrected chi connectivity index (χ4v) is 5.54. The summed E-state index contributed by atoms with van der Waals surface area (Å²) >= 11 is 0. The fourth-order valence-electron chi connectivity index (χ4n) is 5.54. The maximum Gasteiger partial charge on any atom is 0.308 e. The normalized spacial score (nSPS) is 14.7.